The van der Waals surface area contributed by atoms with Crippen LogP contribution in [0.1, 0.15) is 38.7 Å². The Labute approximate surface area is 124 Å². The van der Waals surface area contributed by atoms with E-state index in [0.29, 0.717) is 12.0 Å². The van der Waals surface area contributed by atoms with E-state index in [9.17, 15) is 9.59 Å². The number of carboxylic acid groups (broad SMARTS) is 1. The van der Waals surface area contributed by atoms with Gasteiger partial charge in [-0.2, -0.15) is 0 Å². The van der Waals surface area contributed by atoms with E-state index in [1.165, 1.54) is 0 Å². The number of ether oxygens (including phenoxy) is 1. The van der Waals surface area contributed by atoms with Gasteiger partial charge in [-0.15, -0.1) is 0 Å². The number of benzene rings is 1. The summed E-state index contributed by atoms with van der Waals surface area (Å²) in [7, 11) is 0. The van der Waals surface area contributed by atoms with Gasteiger partial charge in [0, 0.05) is 0 Å². The predicted molar refractivity (Wildman–Crippen MR) is 79.6 cm³/mol. The lowest BCUT2D eigenvalue weighted by molar-refractivity contribution is -0.133. The molecule has 114 valence electrons. The van der Waals surface area contributed by atoms with Gasteiger partial charge in [0.25, 0.3) is 0 Å². The van der Waals surface area contributed by atoms with Crippen molar-refractivity contribution in [1.29, 1.82) is 0 Å². The average molecular weight is 291 g/mol. The van der Waals surface area contributed by atoms with Crippen molar-refractivity contribution in [3.05, 3.63) is 47.2 Å². The van der Waals surface area contributed by atoms with Gasteiger partial charge in [-0.1, -0.05) is 43.7 Å². The number of amides is 1. The predicted octanol–water partition coefficient (Wildman–Crippen LogP) is 3.46. The molecule has 0 radical (unpaired) electrons. The molecule has 0 bridgehead atoms. The monoisotopic (exact) mass is 291 g/mol. The Morgan fingerprint density at radius 3 is 2.48 bits per heavy atom. The standard InChI is InChI=1S/C16H21NO4/c1-3-4-8-12(2)14(15(18)19)17-16(20)21-11-13-9-6-5-7-10-13/h5-7,9-10H,3-4,8,11H2,1-2H3,(H,17,20)(H,18,19). The minimum absolute atomic E-state index is 0.0958. The van der Waals surface area contributed by atoms with Gasteiger partial charge in [-0.25, -0.2) is 9.59 Å². The fraction of sp³-hybridized carbons (Fsp3) is 0.375. The van der Waals surface area contributed by atoms with Crippen LogP contribution in [0.2, 0.25) is 0 Å². The summed E-state index contributed by atoms with van der Waals surface area (Å²) >= 11 is 0. The molecule has 0 saturated carbocycles. The first-order valence-corrected chi connectivity index (χ1v) is 6.95. The number of rotatable bonds is 7. The Bertz CT molecular complexity index is 508. The first-order valence-electron chi connectivity index (χ1n) is 6.95. The first kappa shape index (κ1) is 16.8. The lowest BCUT2D eigenvalue weighted by Crippen LogP contribution is -2.29. The highest BCUT2D eigenvalue weighted by atomic mass is 16.5. The van der Waals surface area contributed by atoms with Gasteiger partial charge >= 0.3 is 12.1 Å². The molecule has 0 saturated heterocycles. The van der Waals surface area contributed by atoms with Crippen molar-refractivity contribution in [2.75, 3.05) is 0 Å². The van der Waals surface area contributed by atoms with Crippen LogP contribution in [0.5, 0.6) is 0 Å². The minimum Gasteiger partial charge on any atom is -0.477 e. The van der Waals surface area contributed by atoms with E-state index in [2.05, 4.69) is 5.32 Å². The summed E-state index contributed by atoms with van der Waals surface area (Å²) in [5, 5.41) is 11.5. The number of hydrogen-bond donors (Lipinski definition) is 2. The van der Waals surface area contributed by atoms with Crippen molar-refractivity contribution in [2.24, 2.45) is 0 Å². The zero-order valence-electron chi connectivity index (χ0n) is 12.4. The molecule has 0 spiro atoms. The molecular formula is C16H21NO4. The van der Waals surface area contributed by atoms with E-state index < -0.39 is 12.1 Å². The molecule has 0 fully saturated rings. The second-order valence-corrected chi connectivity index (χ2v) is 4.75. The topological polar surface area (TPSA) is 75.6 Å². The van der Waals surface area contributed by atoms with Gasteiger partial charge in [-0.3, -0.25) is 5.32 Å². The molecule has 0 aliphatic heterocycles. The molecule has 21 heavy (non-hydrogen) atoms. The molecule has 0 heterocycles. The molecule has 1 amide bonds. The van der Waals surface area contributed by atoms with Crippen molar-refractivity contribution in [1.82, 2.24) is 5.32 Å². The number of allylic oxidation sites excluding steroid dienone is 1. The number of unbranched alkanes of at least 4 members (excludes halogenated alkanes) is 1. The lowest BCUT2D eigenvalue weighted by Gasteiger charge is -2.10. The molecular weight excluding hydrogens is 270 g/mol. The zero-order chi connectivity index (χ0) is 15.7. The highest BCUT2D eigenvalue weighted by Crippen LogP contribution is 2.11. The summed E-state index contributed by atoms with van der Waals surface area (Å²) in [6.07, 6.45) is 1.72. The largest absolute Gasteiger partial charge is 0.477 e. The van der Waals surface area contributed by atoms with Crippen molar-refractivity contribution in [2.45, 2.75) is 39.7 Å². The van der Waals surface area contributed by atoms with Crippen molar-refractivity contribution >= 4 is 12.1 Å². The SMILES string of the molecule is CCCCC(C)=C(NC(=O)OCc1ccccc1)C(=O)O. The van der Waals surface area contributed by atoms with Crippen LogP contribution in [0.4, 0.5) is 4.79 Å². The molecule has 0 aromatic heterocycles. The Morgan fingerprint density at radius 2 is 1.90 bits per heavy atom. The number of hydrogen-bond acceptors (Lipinski definition) is 3. The maximum Gasteiger partial charge on any atom is 0.412 e. The fourth-order valence-electron chi connectivity index (χ4n) is 1.77. The first-order chi connectivity index (χ1) is 10.0. The molecule has 5 nitrogen and oxygen atoms in total. The van der Waals surface area contributed by atoms with Crippen LogP contribution in [0.25, 0.3) is 0 Å². The van der Waals surface area contributed by atoms with E-state index in [0.717, 1.165) is 18.4 Å². The van der Waals surface area contributed by atoms with Gasteiger partial charge in [0.15, 0.2) is 0 Å². The van der Waals surface area contributed by atoms with E-state index in [1.54, 1.807) is 6.92 Å². The summed E-state index contributed by atoms with van der Waals surface area (Å²) in [5.41, 5.74) is 1.39. The zero-order valence-corrected chi connectivity index (χ0v) is 12.4. The molecule has 2 N–H and O–H groups in total. The third-order valence-electron chi connectivity index (χ3n) is 2.99. The van der Waals surface area contributed by atoms with E-state index in [1.807, 2.05) is 37.3 Å². The number of carbonyl (C=O) groups is 2. The Balaban J connectivity index is 2.59. The minimum atomic E-state index is -1.15. The number of carboxylic acids is 1. The summed E-state index contributed by atoms with van der Waals surface area (Å²) in [5.74, 6) is -1.15. The molecule has 1 aromatic carbocycles. The second kappa shape index (κ2) is 8.79. The Hall–Kier alpha value is -2.30. The normalized spacial score (nSPS) is 11.5. The second-order valence-electron chi connectivity index (χ2n) is 4.75. The van der Waals surface area contributed by atoms with Gasteiger partial charge in [-0.05, 0) is 30.9 Å². The van der Waals surface area contributed by atoms with Crippen molar-refractivity contribution < 1.29 is 19.4 Å². The summed E-state index contributed by atoms with van der Waals surface area (Å²) < 4.78 is 5.02. The van der Waals surface area contributed by atoms with Crippen molar-refractivity contribution in [3.8, 4) is 0 Å². The van der Waals surface area contributed by atoms with E-state index in [-0.39, 0.29) is 12.3 Å². The smallest absolute Gasteiger partial charge is 0.412 e. The maximum atomic E-state index is 11.7. The van der Waals surface area contributed by atoms with Crippen LogP contribution in [0.15, 0.2) is 41.6 Å². The number of aliphatic carboxylic acids is 1. The number of carbonyl (C=O) groups excluding carboxylic acids is 1. The summed E-state index contributed by atoms with van der Waals surface area (Å²) in [6, 6.07) is 9.20. The maximum absolute atomic E-state index is 11.7. The molecule has 5 heteroatoms. The molecule has 0 unspecified atom stereocenters. The van der Waals surface area contributed by atoms with Gasteiger partial charge in [0.05, 0.1) is 0 Å². The van der Waals surface area contributed by atoms with Crippen LogP contribution >= 0.6 is 0 Å². The van der Waals surface area contributed by atoms with E-state index in [4.69, 9.17) is 9.84 Å². The van der Waals surface area contributed by atoms with Gasteiger partial charge in [0.1, 0.15) is 12.3 Å². The highest BCUT2D eigenvalue weighted by molar-refractivity contribution is 5.91. The summed E-state index contributed by atoms with van der Waals surface area (Å²) in [6.45, 7) is 3.83. The summed E-state index contributed by atoms with van der Waals surface area (Å²) in [4.78, 5) is 22.9. The van der Waals surface area contributed by atoms with Crippen LogP contribution in [-0.2, 0) is 16.1 Å². The van der Waals surface area contributed by atoms with Crippen molar-refractivity contribution in [3.63, 3.8) is 0 Å². The highest BCUT2D eigenvalue weighted by Gasteiger charge is 2.15. The third-order valence-corrected chi connectivity index (χ3v) is 2.99. The lowest BCUT2D eigenvalue weighted by atomic mass is 10.1. The molecule has 1 rings (SSSR count). The fourth-order valence-corrected chi connectivity index (χ4v) is 1.77. The Kier molecular flexibility index (Phi) is 7.01. The quantitative estimate of drug-likeness (QED) is 0.754. The van der Waals surface area contributed by atoms with Crippen LogP contribution < -0.4 is 5.32 Å². The Morgan fingerprint density at radius 1 is 1.24 bits per heavy atom. The molecule has 1 aromatic rings. The van der Waals surface area contributed by atoms with E-state index >= 15 is 0 Å². The van der Waals surface area contributed by atoms with Gasteiger partial charge in [0.2, 0.25) is 0 Å². The van der Waals surface area contributed by atoms with Crippen LogP contribution in [0, 0.1) is 0 Å². The molecule has 0 atom stereocenters. The van der Waals surface area contributed by atoms with Gasteiger partial charge < -0.3 is 9.84 Å². The molecule has 0 aliphatic carbocycles. The van der Waals surface area contributed by atoms with Crippen LogP contribution in [-0.4, -0.2) is 17.2 Å². The molecule has 0 aliphatic rings. The van der Waals surface area contributed by atoms with Crippen LogP contribution in [0.3, 0.4) is 0 Å². The average Bonchev–Trinajstić information content (AvgIpc) is 2.49. The number of alkyl carbamates (subject to hydrolysis) is 1. The number of nitrogens with one attached hydrogen (secondary N) is 1. The third kappa shape index (κ3) is 6.12.